The molecular formula is C16H29N5O2S. The summed E-state index contributed by atoms with van der Waals surface area (Å²) >= 11 is 1.47. The van der Waals surface area contributed by atoms with Gasteiger partial charge in [0, 0.05) is 32.2 Å². The lowest BCUT2D eigenvalue weighted by atomic mass is 10.2. The Morgan fingerprint density at radius 3 is 2.25 bits per heavy atom. The van der Waals surface area contributed by atoms with Crippen LogP contribution in [0, 0.1) is 0 Å². The first kappa shape index (κ1) is 19.1. The number of anilines is 1. The summed E-state index contributed by atoms with van der Waals surface area (Å²) in [6.45, 7) is 13.2. The molecule has 0 spiro atoms. The molecular weight excluding hydrogens is 326 g/mol. The molecule has 2 heterocycles. The number of nitrogens with zero attached hydrogens (tertiary/aromatic N) is 5. The largest absolute Gasteiger partial charge is 0.378 e. The maximum atomic E-state index is 12.8. The molecule has 2 rings (SSSR count). The highest BCUT2D eigenvalue weighted by Crippen LogP contribution is 2.26. The third kappa shape index (κ3) is 4.22. The Morgan fingerprint density at radius 2 is 1.71 bits per heavy atom. The van der Waals surface area contributed by atoms with Crippen molar-refractivity contribution in [1.82, 2.24) is 19.7 Å². The number of ether oxygens (including phenoxy) is 1. The monoisotopic (exact) mass is 355 g/mol. The van der Waals surface area contributed by atoms with Crippen LogP contribution in [0.5, 0.6) is 0 Å². The maximum Gasteiger partial charge on any atom is 0.236 e. The lowest BCUT2D eigenvalue weighted by Crippen LogP contribution is -2.45. The molecule has 1 amide bonds. The minimum atomic E-state index is -0.199. The highest BCUT2D eigenvalue weighted by atomic mass is 32.2. The van der Waals surface area contributed by atoms with Crippen molar-refractivity contribution >= 4 is 23.6 Å². The fourth-order valence-corrected chi connectivity index (χ4v) is 3.84. The predicted octanol–water partition coefficient (Wildman–Crippen LogP) is 1.78. The van der Waals surface area contributed by atoms with E-state index in [1.54, 1.807) is 0 Å². The van der Waals surface area contributed by atoms with Gasteiger partial charge in [-0.1, -0.05) is 11.8 Å². The molecule has 1 unspecified atom stereocenters. The summed E-state index contributed by atoms with van der Waals surface area (Å²) in [7, 11) is 1.95. The van der Waals surface area contributed by atoms with Gasteiger partial charge in [0.05, 0.1) is 18.5 Å². The number of hydrogen-bond acceptors (Lipinski definition) is 6. The van der Waals surface area contributed by atoms with Crippen molar-refractivity contribution in [3.63, 3.8) is 0 Å². The minimum Gasteiger partial charge on any atom is -0.378 e. The quantitative estimate of drug-likeness (QED) is 0.725. The van der Waals surface area contributed by atoms with Crippen LogP contribution in [-0.2, 0) is 16.6 Å². The Hall–Kier alpha value is -1.28. The fourth-order valence-electron chi connectivity index (χ4n) is 2.97. The third-order valence-electron chi connectivity index (χ3n) is 4.10. The van der Waals surface area contributed by atoms with E-state index in [-0.39, 0.29) is 23.2 Å². The van der Waals surface area contributed by atoms with Gasteiger partial charge in [-0.2, -0.15) is 0 Å². The van der Waals surface area contributed by atoms with Crippen LogP contribution in [0.25, 0.3) is 0 Å². The average molecular weight is 356 g/mol. The normalized spacial score (nSPS) is 16.8. The van der Waals surface area contributed by atoms with Crippen molar-refractivity contribution in [1.29, 1.82) is 0 Å². The maximum absolute atomic E-state index is 12.8. The molecule has 1 saturated heterocycles. The molecule has 1 aromatic rings. The molecule has 0 N–H and O–H groups in total. The second kappa shape index (κ2) is 8.20. The summed E-state index contributed by atoms with van der Waals surface area (Å²) in [6, 6.07) is 0.368. The number of carbonyl (C=O) groups excluding carboxylic acids is 1. The fraction of sp³-hybridized carbons (Fsp3) is 0.812. The van der Waals surface area contributed by atoms with Crippen LogP contribution in [0.1, 0.15) is 34.6 Å². The number of aromatic nitrogens is 3. The number of hydrogen-bond donors (Lipinski definition) is 0. The van der Waals surface area contributed by atoms with Crippen LogP contribution in [0.2, 0.25) is 0 Å². The lowest BCUT2D eigenvalue weighted by Gasteiger charge is -2.32. The molecule has 8 heteroatoms. The second-order valence-electron chi connectivity index (χ2n) is 6.63. The molecule has 0 aromatic carbocycles. The van der Waals surface area contributed by atoms with E-state index in [4.69, 9.17) is 4.74 Å². The van der Waals surface area contributed by atoms with Gasteiger partial charge in [0.25, 0.3) is 0 Å². The van der Waals surface area contributed by atoms with Crippen LogP contribution in [0.3, 0.4) is 0 Å². The van der Waals surface area contributed by atoms with Crippen LogP contribution < -0.4 is 4.90 Å². The van der Waals surface area contributed by atoms with Gasteiger partial charge >= 0.3 is 0 Å². The summed E-state index contributed by atoms with van der Waals surface area (Å²) in [5.74, 6) is 0.978. The molecule has 24 heavy (non-hydrogen) atoms. The summed E-state index contributed by atoms with van der Waals surface area (Å²) < 4.78 is 7.35. The molecule has 136 valence electrons. The Morgan fingerprint density at radius 1 is 1.12 bits per heavy atom. The van der Waals surface area contributed by atoms with E-state index in [0.29, 0.717) is 13.2 Å². The molecule has 0 aliphatic carbocycles. The van der Waals surface area contributed by atoms with Crippen molar-refractivity contribution in [2.45, 2.75) is 57.1 Å². The Kier molecular flexibility index (Phi) is 6.51. The second-order valence-corrected chi connectivity index (χ2v) is 7.94. The van der Waals surface area contributed by atoms with Gasteiger partial charge in [0.15, 0.2) is 5.16 Å². The van der Waals surface area contributed by atoms with E-state index >= 15 is 0 Å². The van der Waals surface area contributed by atoms with Gasteiger partial charge < -0.3 is 14.5 Å². The number of rotatable bonds is 6. The van der Waals surface area contributed by atoms with E-state index in [0.717, 1.165) is 24.2 Å². The molecule has 1 atom stereocenters. The molecule has 1 aliphatic heterocycles. The zero-order valence-electron chi connectivity index (χ0n) is 15.5. The molecule has 7 nitrogen and oxygen atoms in total. The van der Waals surface area contributed by atoms with Gasteiger partial charge in [0.1, 0.15) is 0 Å². The standard InChI is InChI=1S/C16H29N5O2S/c1-11(2)21(12(3)4)14(22)13(5)24-16-18-17-15(19(16)6)20-7-9-23-10-8-20/h11-13H,7-10H2,1-6H3. The smallest absolute Gasteiger partial charge is 0.236 e. The van der Waals surface area contributed by atoms with Crippen molar-refractivity contribution in [3.05, 3.63) is 0 Å². The number of morpholine rings is 1. The van der Waals surface area contributed by atoms with Crippen molar-refractivity contribution in [3.8, 4) is 0 Å². The first-order valence-corrected chi connectivity index (χ1v) is 9.41. The Bertz CT molecular complexity index is 547. The lowest BCUT2D eigenvalue weighted by molar-refractivity contribution is -0.133. The topological polar surface area (TPSA) is 63.5 Å². The molecule has 0 bridgehead atoms. The summed E-state index contributed by atoms with van der Waals surface area (Å²) in [6.07, 6.45) is 0. The SMILES string of the molecule is CC(Sc1nnc(N2CCOCC2)n1C)C(=O)N(C(C)C)C(C)C. The van der Waals surface area contributed by atoms with Crippen LogP contribution in [-0.4, -0.2) is 69.2 Å². The van der Waals surface area contributed by atoms with Crippen molar-refractivity contribution in [2.24, 2.45) is 7.05 Å². The zero-order chi connectivity index (χ0) is 17.9. The first-order valence-electron chi connectivity index (χ1n) is 8.53. The van der Waals surface area contributed by atoms with E-state index in [1.807, 2.05) is 51.1 Å². The zero-order valence-corrected chi connectivity index (χ0v) is 16.3. The number of thioether (sulfide) groups is 1. The predicted molar refractivity (Wildman–Crippen MR) is 96.5 cm³/mol. The minimum absolute atomic E-state index is 0.140. The molecule has 1 aliphatic rings. The van der Waals surface area contributed by atoms with Crippen LogP contribution in [0.4, 0.5) is 5.95 Å². The van der Waals surface area contributed by atoms with Crippen LogP contribution in [0.15, 0.2) is 5.16 Å². The highest BCUT2D eigenvalue weighted by molar-refractivity contribution is 8.00. The highest BCUT2D eigenvalue weighted by Gasteiger charge is 2.28. The molecule has 1 aromatic heterocycles. The Labute approximate surface area is 148 Å². The van der Waals surface area contributed by atoms with Gasteiger partial charge in [-0.05, 0) is 34.6 Å². The van der Waals surface area contributed by atoms with Gasteiger partial charge in [0.2, 0.25) is 11.9 Å². The average Bonchev–Trinajstić information content (AvgIpc) is 2.88. The van der Waals surface area contributed by atoms with Crippen molar-refractivity contribution in [2.75, 3.05) is 31.2 Å². The molecule has 0 radical (unpaired) electrons. The third-order valence-corrected chi connectivity index (χ3v) is 5.22. The number of carbonyl (C=O) groups is 1. The molecule has 1 fully saturated rings. The van der Waals surface area contributed by atoms with E-state index < -0.39 is 0 Å². The van der Waals surface area contributed by atoms with Gasteiger partial charge in [-0.3, -0.25) is 9.36 Å². The van der Waals surface area contributed by atoms with E-state index in [2.05, 4.69) is 15.1 Å². The van der Waals surface area contributed by atoms with Crippen LogP contribution >= 0.6 is 11.8 Å². The molecule has 0 saturated carbocycles. The summed E-state index contributed by atoms with van der Waals surface area (Å²) in [5, 5.41) is 9.16. The summed E-state index contributed by atoms with van der Waals surface area (Å²) in [4.78, 5) is 16.9. The van der Waals surface area contributed by atoms with Crippen molar-refractivity contribution < 1.29 is 9.53 Å². The summed E-state index contributed by atoms with van der Waals surface area (Å²) in [5.41, 5.74) is 0. The van der Waals surface area contributed by atoms with E-state index in [1.165, 1.54) is 11.8 Å². The Balaban J connectivity index is 2.07. The van der Waals surface area contributed by atoms with Gasteiger partial charge in [-0.25, -0.2) is 0 Å². The van der Waals surface area contributed by atoms with Gasteiger partial charge in [-0.15, -0.1) is 10.2 Å². The van der Waals surface area contributed by atoms with E-state index in [9.17, 15) is 4.79 Å². The number of amides is 1. The first-order chi connectivity index (χ1) is 11.3.